The molecule has 86 valence electrons. The molecule has 1 heterocycles. The van der Waals surface area contributed by atoms with Gasteiger partial charge in [0.15, 0.2) is 0 Å². The topological polar surface area (TPSA) is 25.2 Å². The van der Waals surface area contributed by atoms with Crippen LogP contribution in [0.15, 0.2) is 34.7 Å². The fraction of sp³-hybridized carbons (Fsp3) is 0.429. The summed E-state index contributed by atoms with van der Waals surface area (Å²) < 4.78 is 5.77. The first-order valence-corrected chi connectivity index (χ1v) is 6.00. The van der Waals surface area contributed by atoms with Gasteiger partial charge in [-0.2, -0.15) is 0 Å². The molecule has 0 aliphatic heterocycles. The summed E-state index contributed by atoms with van der Waals surface area (Å²) in [6.45, 7) is 5.38. The van der Waals surface area contributed by atoms with Crippen LogP contribution in [0.25, 0.3) is 11.0 Å². The van der Waals surface area contributed by atoms with Gasteiger partial charge in [0, 0.05) is 17.8 Å². The van der Waals surface area contributed by atoms with Crippen molar-refractivity contribution in [3.63, 3.8) is 0 Å². The molecule has 0 fully saturated rings. The van der Waals surface area contributed by atoms with E-state index in [-0.39, 0.29) is 0 Å². The Morgan fingerprint density at radius 3 is 2.88 bits per heavy atom. The Labute approximate surface area is 96.6 Å². The lowest BCUT2D eigenvalue weighted by Gasteiger charge is -2.10. The first-order chi connectivity index (χ1) is 7.79. The molecule has 2 heteroatoms. The van der Waals surface area contributed by atoms with Crippen molar-refractivity contribution in [3.8, 4) is 0 Å². The molecule has 0 aliphatic carbocycles. The van der Waals surface area contributed by atoms with Crippen molar-refractivity contribution in [2.24, 2.45) is 0 Å². The van der Waals surface area contributed by atoms with Crippen molar-refractivity contribution >= 4 is 11.0 Å². The Bertz CT molecular complexity index is 414. The molecule has 0 aliphatic rings. The second-order valence-electron chi connectivity index (χ2n) is 4.25. The molecule has 1 atom stereocenters. The summed E-state index contributed by atoms with van der Waals surface area (Å²) >= 11 is 0. The van der Waals surface area contributed by atoms with Crippen LogP contribution in [0.4, 0.5) is 0 Å². The van der Waals surface area contributed by atoms with Gasteiger partial charge in [-0.25, -0.2) is 0 Å². The molecule has 2 aromatic rings. The van der Waals surface area contributed by atoms with Crippen LogP contribution in [0, 0.1) is 0 Å². The maximum absolute atomic E-state index is 5.77. The van der Waals surface area contributed by atoms with Crippen LogP contribution >= 0.6 is 0 Å². The molecule has 0 radical (unpaired) electrons. The Balaban J connectivity index is 1.99. The molecule has 0 saturated carbocycles. The monoisotopic (exact) mass is 217 g/mol. The lowest BCUT2D eigenvalue weighted by molar-refractivity contribution is 0.483. The zero-order valence-electron chi connectivity index (χ0n) is 9.99. The van der Waals surface area contributed by atoms with Gasteiger partial charge in [-0.05, 0) is 32.0 Å². The molecule has 2 rings (SSSR count). The third-order valence-corrected chi connectivity index (χ3v) is 2.85. The number of nitrogens with one attached hydrogen (secondary N) is 1. The Morgan fingerprint density at radius 1 is 1.31 bits per heavy atom. The third-order valence-electron chi connectivity index (χ3n) is 2.85. The highest BCUT2D eigenvalue weighted by Gasteiger charge is 2.05. The molecule has 0 amide bonds. The normalized spacial score (nSPS) is 13.1. The van der Waals surface area contributed by atoms with Gasteiger partial charge in [0.2, 0.25) is 0 Å². The van der Waals surface area contributed by atoms with Crippen LogP contribution in [0.2, 0.25) is 0 Å². The van der Waals surface area contributed by atoms with Gasteiger partial charge >= 0.3 is 0 Å². The second-order valence-corrected chi connectivity index (χ2v) is 4.25. The number of fused-ring (bicyclic) bond motifs is 1. The van der Waals surface area contributed by atoms with Crippen molar-refractivity contribution in [2.45, 2.75) is 32.7 Å². The van der Waals surface area contributed by atoms with E-state index in [0.29, 0.717) is 6.04 Å². The molecule has 1 N–H and O–H groups in total. The maximum Gasteiger partial charge on any atom is 0.134 e. The first-order valence-electron chi connectivity index (χ1n) is 6.00. The van der Waals surface area contributed by atoms with E-state index in [0.717, 1.165) is 30.7 Å². The average molecular weight is 217 g/mol. The third kappa shape index (κ3) is 2.64. The van der Waals surface area contributed by atoms with Gasteiger partial charge in [0.1, 0.15) is 11.3 Å². The van der Waals surface area contributed by atoms with E-state index in [1.807, 2.05) is 18.2 Å². The molecule has 16 heavy (non-hydrogen) atoms. The molecule has 0 bridgehead atoms. The van der Waals surface area contributed by atoms with Crippen LogP contribution in [0.3, 0.4) is 0 Å². The Hall–Kier alpha value is -1.28. The summed E-state index contributed by atoms with van der Waals surface area (Å²) in [5.41, 5.74) is 0.994. The van der Waals surface area contributed by atoms with E-state index < -0.39 is 0 Å². The number of para-hydroxylation sites is 1. The second kappa shape index (κ2) is 5.17. The van der Waals surface area contributed by atoms with Gasteiger partial charge in [-0.3, -0.25) is 0 Å². The quantitative estimate of drug-likeness (QED) is 0.830. The van der Waals surface area contributed by atoms with Crippen molar-refractivity contribution in [1.29, 1.82) is 0 Å². The minimum absolute atomic E-state index is 0.554. The van der Waals surface area contributed by atoms with Crippen molar-refractivity contribution in [3.05, 3.63) is 36.1 Å². The number of hydrogen-bond donors (Lipinski definition) is 1. The molecule has 0 spiro atoms. The van der Waals surface area contributed by atoms with Crippen molar-refractivity contribution in [2.75, 3.05) is 6.54 Å². The van der Waals surface area contributed by atoms with Crippen LogP contribution in [0.1, 0.15) is 26.0 Å². The summed E-state index contributed by atoms with van der Waals surface area (Å²) in [5.74, 6) is 1.09. The van der Waals surface area contributed by atoms with Crippen molar-refractivity contribution in [1.82, 2.24) is 5.32 Å². The van der Waals surface area contributed by atoms with Crippen molar-refractivity contribution < 1.29 is 4.42 Å². The number of benzene rings is 1. The molecule has 1 aromatic carbocycles. The average Bonchev–Trinajstić information content (AvgIpc) is 2.69. The summed E-state index contributed by atoms with van der Waals surface area (Å²) in [7, 11) is 0. The lowest BCUT2D eigenvalue weighted by Crippen LogP contribution is -2.25. The van der Waals surface area contributed by atoms with E-state index >= 15 is 0 Å². The summed E-state index contributed by atoms with van der Waals surface area (Å²) in [5, 5.41) is 4.61. The SMILES string of the molecule is CCNC(C)CCc1cc2ccccc2o1. The molecule has 1 aromatic heterocycles. The highest BCUT2D eigenvalue weighted by molar-refractivity contribution is 5.77. The highest BCUT2D eigenvalue weighted by atomic mass is 16.3. The lowest BCUT2D eigenvalue weighted by atomic mass is 10.1. The van der Waals surface area contributed by atoms with E-state index in [1.54, 1.807) is 0 Å². The van der Waals surface area contributed by atoms with Crippen LogP contribution in [-0.2, 0) is 6.42 Å². The van der Waals surface area contributed by atoms with Crippen LogP contribution in [0.5, 0.6) is 0 Å². The minimum Gasteiger partial charge on any atom is -0.461 e. The van der Waals surface area contributed by atoms with Crippen LogP contribution < -0.4 is 5.32 Å². The largest absolute Gasteiger partial charge is 0.461 e. The fourth-order valence-electron chi connectivity index (χ4n) is 1.97. The number of furan rings is 1. The predicted octanol–water partition coefficient (Wildman–Crippen LogP) is 3.36. The van der Waals surface area contributed by atoms with Gasteiger partial charge in [-0.1, -0.05) is 25.1 Å². The summed E-state index contributed by atoms with van der Waals surface area (Å²) in [4.78, 5) is 0. The predicted molar refractivity (Wildman–Crippen MR) is 67.7 cm³/mol. The highest BCUT2D eigenvalue weighted by Crippen LogP contribution is 2.19. The summed E-state index contributed by atoms with van der Waals surface area (Å²) in [6.07, 6.45) is 2.12. The molecule has 1 unspecified atom stereocenters. The van der Waals surface area contributed by atoms with E-state index in [1.165, 1.54) is 5.39 Å². The molecule has 2 nitrogen and oxygen atoms in total. The molecular formula is C14H19NO. The first kappa shape index (κ1) is 11.2. The zero-order valence-corrected chi connectivity index (χ0v) is 9.99. The number of aryl methyl sites for hydroxylation is 1. The van der Waals surface area contributed by atoms with Gasteiger partial charge in [-0.15, -0.1) is 0 Å². The molecular weight excluding hydrogens is 198 g/mol. The Morgan fingerprint density at radius 2 is 2.12 bits per heavy atom. The van der Waals surface area contributed by atoms with E-state index in [2.05, 4.69) is 31.3 Å². The van der Waals surface area contributed by atoms with Gasteiger partial charge in [0.25, 0.3) is 0 Å². The van der Waals surface area contributed by atoms with Crippen LogP contribution in [-0.4, -0.2) is 12.6 Å². The van der Waals surface area contributed by atoms with Gasteiger partial charge < -0.3 is 9.73 Å². The number of rotatable bonds is 5. The summed E-state index contributed by atoms with van der Waals surface area (Å²) in [6, 6.07) is 10.9. The van der Waals surface area contributed by atoms with E-state index in [4.69, 9.17) is 4.42 Å². The Kier molecular flexibility index (Phi) is 3.62. The van der Waals surface area contributed by atoms with E-state index in [9.17, 15) is 0 Å². The van der Waals surface area contributed by atoms with Gasteiger partial charge in [0.05, 0.1) is 0 Å². The fourth-order valence-corrected chi connectivity index (χ4v) is 1.97. The smallest absolute Gasteiger partial charge is 0.134 e. The maximum atomic E-state index is 5.77. The minimum atomic E-state index is 0.554. The molecule has 0 saturated heterocycles. The zero-order chi connectivity index (χ0) is 11.4. The number of hydrogen-bond acceptors (Lipinski definition) is 2. The standard InChI is InChI=1S/C14H19NO/c1-3-15-11(2)8-9-13-10-12-6-4-5-7-14(12)16-13/h4-7,10-11,15H,3,8-9H2,1-2H3.